The van der Waals surface area contributed by atoms with Crippen molar-refractivity contribution in [1.29, 1.82) is 0 Å². The van der Waals surface area contributed by atoms with Crippen LogP contribution in [-0.4, -0.2) is 32.5 Å². The third kappa shape index (κ3) is 2.61. The summed E-state index contributed by atoms with van der Waals surface area (Å²) in [6, 6.07) is 1.44. The first kappa shape index (κ1) is 16.6. The summed E-state index contributed by atoms with van der Waals surface area (Å²) < 4.78 is 7.36. The Morgan fingerprint density at radius 3 is 2.92 bits per heavy atom. The number of aryl methyl sites for hydroxylation is 1. The highest BCUT2D eigenvalue weighted by atomic mass is 16.6. The molecule has 0 saturated carbocycles. The summed E-state index contributed by atoms with van der Waals surface area (Å²) in [4.78, 5) is 32.8. The van der Waals surface area contributed by atoms with Gasteiger partial charge in [-0.05, 0) is 26.3 Å². The first-order valence-electron chi connectivity index (χ1n) is 8.62. The maximum atomic E-state index is 12.4. The minimum atomic E-state index is -0.673. The molecule has 1 saturated heterocycles. The lowest BCUT2D eigenvalue weighted by Crippen LogP contribution is -2.46. The summed E-state index contributed by atoms with van der Waals surface area (Å²) in [5, 5.41) is 6.39. The van der Waals surface area contributed by atoms with Crippen LogP contribution in [0.3, 0.4) is 0 Å². The quantitative estimate of drug-likeness (QED) is 0.813. The predicted octanol–water partition coefficient (Wildman–Crippen LogP) is 1.65. The molecule has 8 heteroatoms. The number of ether oxygens (including phenoxy) is 1. The summed E-state index contributed by atoms with van der Waals surface area (Å²) in [7, 11) is 1.89. The van der Waals surface area contributed by atoms with Gasteiger partial charge in [0, 0.05) is 25.2 Å². The van der Waals surface area contributed by atoms with Gasteiger partial charge < -0.3 is 19.9 Å². The lowest BCUT2D eigenvalue weighted by Gasteiger charge is -2.33. The van der Waals surface area contributed by atoms with Crippen molar-refractivity contribution >= 4 is 17.7 Å². The molecule has 8 nitrogen and oxygen atoms in total. The smallest absolute Gasteiger partial charge is 0.343 e. The van der Waals surface area contributed by atoms with Gasteiger partial charge in [0.25, 0.3) is 0 Å². The molecule has 26 heavy (non-hydrogen) atoms. The fourth-order valence-electron chi connectivity index (χ4n) is 3.70. The van der Waals surface area contributed by atoms with Crippen molar-refractivity contribution < 1.29 is 14.3 Å². The number of nitrogens with one attached hydrogen (secondary N) is 2. The number of rotatable bonds is 3. The van der Waals surface area contributed by atoms with E-state index in [1.165, 1.54) is 0 Å². The van der Waals surface area contributed by atoms with E-state index in [0.717, 1.165) is 11.3 Å². The van der Waals surface area contributed by atoms with E-state index in [0.29, 0.717) is 24.2 Å². The second-order valence-electron chi connectivity index (χ2n) is 7.25. The van der Waals surface area contributed by atoms with Crippen molar-refractivity contribution in [1.82, 2.24) is 19.9 Å². The molecule has 0 spiro atoms. The van der Waals surface area contributed by atoms with Crippen molar-refractivity contribution in [2.75, 3.05) is 5.32 Å². The lowest BCUT2D eigenvalue weighted by atomic mass is 9.94. The first-order valence-corrected chi connectivity index (χ1v) is 8.62. The van der Waals surface area contributed by atoms with Gasteiger partial charge in [0.2, 0.25) is 5.91 Å². The molecule has 1 amide bonds. The van der Waals surface area contributed by atoms with Crippen LogP contribution < -0.4 is 10.6 Å². The van der Waals surface area contributed by atoms with E-state index in [1.807, 2.05) is 31.5 Å². The van der Waals surface area contributed by atoms with Gasteiger partial charge in [-0.15, -0.1) is 0 Å². The molecular formula is C18H21N5O3. The number of carbonyl (C=O) groups is 2. The Balaban J connectivity index is 1.69. The molecule has 1 fully saturated rings. The average Bonchev–Trinajstić information content (AvgIpc) is 3.11. The van der Waals surface area contributed by atoms with Crippen LogP contribution in [0.2, 0.25) is 0 Å². The van der Waals surface area contributed by atoms with Gasteiger partial charge in [0.1, 0.15) is 17.0 Å². The normalized spacial score (nSPS) is 24.0. The van der Waals surface area contributed by atoms with Crippen LogP contribution >= 0.6 is 0 Å². The number of nitrogens with zero attached hydrogens (tertiary/aromatic N) is 3. The van der Waals surface area contributed by atoms with Gasteiger partial charge in [0.05, 0.1) is 30.3 Å². The van der Waals surface area contributed by atoms with E-state index in [-0.39, 0.29) is 24.0 Å². The highest BCUT2D eigenvalue weighted by Gasteiger charge is 2.41. The number of amides is 1. The number of pyridine rings is 1. The first-order chi connectivity index (χ1) is 12.4. The Morgan fingerprint density at radius 2 is 2.19 bits per heavy atom. The van der Waals surface area contributed by atoms with E-state index in [1.54, 1.807) is 18.7 Å². The second-order valence-corrected chi connectivity index (χ2v) is 7.25. The van der Waals surface area contributed by atoms with Crippen LogP contribution in [0.25, 0.3) is 0 Å². The Morgan fingerprint density at radius 1 is 1.38 bits per heavy atom. The summed E-state index contributed by atoms with van der Waals surface area (Å²) in [6.45, 7) is 3.72. The van der Waals surface area contributed by atoms with E-state index < -0.39 is 5.60 Å². The minimum absolute atomic E-state index is 0.000966. The monoisotopic (exact) mass is 355 g/mol. The Hall–Kier alpha value is -2.90. The molecule has 0 aliphatic carbocycles. The van der Waals surface area contributed by atoms with E-state index in [4.69, 9.17) is 4.74 Å². The molecule has 2 aromatic heterocycles. The fourth-order valence-corrected chi connectivity index (χ4v) is 3.70. The van der Waals surface area contributed by atoms with Crippen molar-refractivity contribution in [3.63, 3.8) is 0 Å². The Labute approximate surface area is 151 Å². The van der Waals surface area contributed by atoms with Gasteiger partial charge in [-0.3, -0.25) is 4.79 Å². The number of aromatic nitrogens is 3. The third-order valence-electron chi connectivity index (χ3n) is 5.05. The molecule has 4 rings (SSSR count). The van der Waals surface area contributed by atoms with Crippen LogP contribution in [0.15, 0.2) is 24.8 Å². The van der Waals surface area contributed by atoms with Crippen LogP contribution in [0.5, 0.6) is 0 Å². The zero-order chi connectivity index (χ0) is 18.5. The molecule has 2 atom stereocenters. The number of imidazole rings is 1. The zero-order valence-corrected chi connectivity index (χ0v) is 14.9. The maximum Gasteiger partial charge on any atom is 0.343 e. The zero-order valence-electron chi connectivity index (χ0n) is 14.9. The average molecular weight is 355 g/mol. The molecular weight excluding hydrogens is 334 g/mol. The standard InChI is InChI=1S/C18H21N5O3/c1-18(2)10-6-7-20-16(14(10)17(25)26-18)21-11-4-5-13(24)22-15(11)12-8-19-9-23(12)3/h6-9,11,15H,4-5H2,1-3H3,(H,20,21)(H,22,24)/t11-,15-/m1/s1. The number of piperidine rings is 1. The molecule has 0 aromatic carbocycles. The van der Waals surface area contributed by atoms with Crippen LogP contribution in [0.4, 0.5) is 5.82 Å². The van der Waals surface area contributed by atoms with Gasteiger partial charge in [-0.1, -0.05) is 0 Å². The van der Waals surface area contributed by atoms with Crippen molar-refractivity contribution in [3.8, 4) is 0 Å². The molecule has 0 unspecified atom stereocenters. The number of cyclic esters (lactones) is 1. The maximum absolute atomic E-state index is 12.4. The van der Waals surface area contributed by atoms with Crippen molar-refractivity contribution in [2.45, 2.75) is 44.4 Å². The summed E-state index contributed by atoms with van der Waals surface area (Å²) in [5.74, 6) is 0.116. The number of esters is 1. The SMILES string of the molecule is Cn1cncc1[C@@H]1NC(=O)CC[C@H]1Nc1nccc2c1C(=O)OC2(C)C. The highest BCUT2D eigenvalue weighted by Crippen LogP contribution is 2.39. The van der Waals surface area contributed by atoms with Gasteiger partial charge in [0.15, 0.2) is 0 Å². The van der Waals surface area contributed by atoms with Crippen molar-refractivity contribution in [3.05, 3.63) is 41.6 Å². The molecule has 0 radical (unpaired) electrons. The third-order valence-corrected chi connectivity index (χ3v) is 5.05. The van der Waals surface area contributed by atoms with Gasteiger partial charge >= 0.3 is 5.97 Å². The minimum Gasteiger partial charge on any atom is -0.451 e. The summed E-state index contributed by atoms with van der Waals surface area (Å²) in [5.41, 5.74) is 1.51. The molecule has 2 aliphatic rings. The molecule has 4 heterocycles. The lowest BCUT2D eigenvalue weighted by molar-refractivity contribution is -0.123. The molecule has 2 aromatic rings. The van der Waals surface area contributed by atoms with Crippen LogP contribution in [0, 0.1) is 0 Å². The molecule has 2 N–H and O–H groups in total. The number of hydrogen-bond donors (Lipinski definition) is 2. The topological polar surface area (TPSA) is 98.1 Å². The summed E-state index contributed by atoms with van der Waals surface area (Å²) in [6.07, 6.45) is 6.16. The fraction of sp³-hybridized carbons (Fsp3) is 0.444. The Kier molecular flexibility index (Phi) is 3.71. The summed E-state index contributed by atoms with van der Waals surface area (Å²) >= 11 is 0. The number of carbonyl (C=O) groups excluding carboxylic acids is 2. The van der Waals surface area contributed by atoms with E-state index in [9.17, 15) is 9.59 Å². The van der Waals surface area contributed by atoms with Gasteiger partial charge in [-0.2, -0.15) is 0 Å². The molecule has 0 bridgehead atoms. The van der Waals surface area contributed by atoms with Crippen molar-refractivity contribution in [2.24, 2.45) is 7.05 Å². The predicted molar refractivity (Wildman–Crippen MR) is 93.4 cm³/mol. The number of anilines is 1. The number of hydrogen-bond acceptors (Lipinski definition) is 6. The van der Waals surface area contributed by atoms with Crippen LogP contribution in [-0.2, 0) is 22.2 Å². The number of fused-ring (bicyclic) bond motifs is 1. The Bertz CT molecular complexity index is 889. The highest BCUT2D eigenvalue weighted by molar-refractivity contribution is 5.99. The van der Waals surface area contributed by atoms with Gasteiger partial charge in [-0.25, -0.2) is 14.8 Å². The second kappa shape index (κ2) is 5.82. The van der Waals surface area contributed by atoms with Crippen LogP contribution in [0.1, 0.15) is 54.3 Å². The molecule has 136 valence electrons. The largest absolute Gasteiger partial charge is 0.451 e. The van der Waals surface area contributed by atoms with E-state index in [2.05, 4.69) is 20.6 Å². The molecule has 2 aliphatic heterocycles. The van der Waals surface area contributed by atoms with E-state index >= 15 is 0 Å².